The molecule has 0 saturated heterocycles. The predicted molar refractivity (Wildman–Crippen MR) is 98.1 cm³/mol. The predicted octanol–water partition coefficient (Wildman–Crippen LogP) is 5.77. The van der Waals surface area contributed by atoms with Crippen molar-refractivity contribution in [3.63, 3.8) is 0 Å². The molecule has 1 saturated carbocycles. The Morgan fingerprint density at radius 1 is 1.18 bits per heavy atom. The van der Waals surface area contributed by atoms with Crippen LogP contribution in [0.3, 0.4) is 0 Å². The van der Waals surface area contributed by atoms with E-state index in [0.29, 0.717) is 0 Å². The highest BCUT2D eigenvalue weighted by molar-refractivity contribution is 7.98. The van der Waals surface area contributed by atoms with Crippen molar-refractivity contribution in [1.82, 2.24) is 0 Å². The van der Waals surface area contributed by atoms with Crippen molar-refractivity contribution in [2.45, 2.75) is 49.7 Å². The average Bonchev–Trinajstić information content (AvgIpc) is 3.38. The molecular weight excluding hydrogens is 286 g/mol. The van der Waals surface area contributed by atoms with E-state index in [9.17, 15) is 0 Å². The second kappa shape index (κ2) is 6.78. The lowest BCUT2D eigenvalue weighted by molar-refractivity contribution is 1.09. The summed E-state index contributed by atoms with van der Waals surface area (Å²) < 4.78 is 0. The normalized spacial score (nSPS) is 14.1. The highest BCUT2D eigenvalue weighted by Crippen LogP contribution is 2.44. The fourth-order valence-electron chi connectivity index (χ4n) is 2.95. The Morgan fingerprint density at radius 3 is 2.68 bits per heavy atom. The Balaban J connectivity index is 1.84. The molecule has 116 valence electrons. The zero-order chi connectivity index (χ0) is 15.5. The third-order valence-corrected chi connectivity index (χ3v) is 5.72. The molecule has 1 aliphatic carbocycles. The van der Waals surface area contributed by atoms with Crippen LogP contribution >= 0.6 is 11.8 Å². The van der Waals surface area contributed by atoms with Crippen LogP contribution in [-0.4, -0.2) is 7.05 Å². The van der Waals surface area contributed by atoms with E-state index >= 15 is 0 Å². The van der Waals surface area contributed by atoms with Gasteiger partial charge in [-0.25, -0.2) is 0 Å². The van der Waals surface area contributed by atoms with E-state index in [1.165, 1.54) is 40.1 Å². The second-order valence-corrected chi connectivity index (χ2v) is 7.16. The van der Waals surface area contributed by atoms with Gasteiger partial charge in [0.1, 0.15) is 0 Å². The van der Waals surface area contributed by atoms with Crippen LogP contribution in [-0.2, 0) is 12.2 Å². The quantitative estimate of drug-likeness (QED) is 0.680. The molecular formula is C20H25NS. The summed E-state index contributed by atoms with van der Waals surface area (Å²) in [4.78, 5) is 1.42. The van der Waals surface area contributed by atoms with Crippen LogP contribution in [0.2, 0.25) is 0 Å². The number of hydrogen-bond acceptors (Lipinski definition) is 2. The number of rotatable bonds is 6. The molecule has 0 aromatic heterocycles. The van der Waals surface area contributed by atoms with Crippen molar-refractivity contribution >= 4 is 17.4 Å². The smallest absolute Gasteiger partial charge is 0.0381 e. The number of thioether (sulfide) groups is 1. The molecule has 22 heavy (non-hydrogen) atoms. The highest BCUT2D eigenvalue weighted by Gasteiger charge is 2.26. The highest BCUT2D eigenvalue weighted by atomic mass is 32.2. The Bertz CT molecular complexity index is 659. The van der Waals surface area contributed by atoms with Crippen LogP contribution in [0.25, 0.3) is 0 Å². The van der Waals surface area contributed by atoms with E-state index < -0.39 is 0 Å². The molecule has 0 amide bonds. The molecule has 1 N–H and O–H groups in total. The first-order valence-corrected chi connectivity index (χ1v) is 9.23. The molecule has 0 spiro atoms. The number of hydrogen-bond donors (Lipinski definition) is 1. The molecule has 0 bridgehead atoms. The summed E-state index contributed by atoms with van der Waals surface area (Å²) in [7, 11) is 2.03. The molecule has 0 atom stereocenters. The number of benzene rings is 2. The van der Waals surface area contributed by atoms with E-state index in [2.05, 4.69) is 55.6 Å². The molecule has 0 radical (unpaired) electrons. The van der Waals surface area contributed by atoms with Gasteiger partial charge in [-0.3, -0.25) is 0 Å². The second-order valence-electron chi connectivity index (χ2n) is 6.14. The van der Waals surface area contributed by atoms with Gasteiger partial charge in [0.2, 0.25) is 0 Å². The molecule has 0 heterocycles. The summed E-state index contributed by atoms with van der Waals surface area (Å²) in [6.07, 6.45) is 3.82. The number of anilines is 1. The van der Waals surface area contributed by atoms with Gasteiger partial charge in [0.25, 0.3) is 0 Å². The molecule has 1 fully saturated rings. The molecule has 2 aromatic carbocycles. The monoisotopic (exact) mass is 311 g/mol. The third kappa shape index (κ3) is 3.33. The summed E-state index contributed by atoms with van der Waals surface area (Å²) in [5.41, 5.74) is 7.16. The van der Waals surface area contributed by atoms with Gasteiger partial charge in [0, 0.05) is 23.4 Å². The van der Waals surface area contributed by atoms with Gasteiger partial charge in [-0.05, 0) is 66.5 Å². The Morgan fingerprint density at radius 2 is 2.00 bits per heavy atom. The SMILES string of the molecule is CCc1ccc(C)c(SCc2c(NC)cccc2C2CC2)c1. The maximum absolute atomic E-state index is 3.38. The van der Waals surface area contributed by atoms with Crippen LogP contribution in [0.1, 0.15) is 47.9 Å². The molecule has 2 heteroatoms. The fourth-order valence-corrected chi connectivity index (χ4v) is 4.10. The Hall–Kier alpha value is -1.41. The van der Waals surface area contributed by atoms with Crippen LogP contribution in [0.4, 0.5) is 5.69 Å². The minimum absolute atomic E-state index is 0.798. The van der Waals surface area contributed by atoms with E-state index in [0.717, 1.165) is 18.1 Å². The van der Waals surface area contributed by atoms with Crippen molar-refractivity contribution in [3.8, 4) is 0 Å². The van der Waals surface area contributed by atoms with Crippen LogP contribution in [0.5, 0.6) is 0 Å². The first-order valence-electron chi connectivity index (χ1n) is 8.24. The lowest BCUT2D eigenvalue weighted by atomic mass is 10.0. The lowest BCUT2D eigenvalue weighted by Gasteiger charge is -2.15. The first-order chi connectivity index (χ1) is 10.7. The van der Waals surface area contributed by atoms with Crippen molar-refractivity contribution < 1.29 is 0 Å². The standard InChI is InChI=1S/C20H25NS/c1-4-15-9-8-14(2)20(12-15)22-13-18-17(16-10-11-16)6-5-7-19(18)21-3/h5-9,12,16,21H,4,10-11,13H2,1-3H3. The largest absolute Gasteiger partial charge is 0.388 e. The molecule has 0 unspecified atom stereocenters. The molecule has 1 aliphatic rings. The summed E-state index contributed by atoms with van der Waals surface area (Å²) in [5, 5.41) is 3.38. The average molecular weight is 311 g/mol. The van der Waals surface area contributed by atoms with Gasteiger partial charge in [-0.2, -0.15) is 0 Å². The van der Waals surface area contributed by atoms with Gasteiger partial charge in [-0.15, -0.1) is 11.8 Å². The molecule has 3 rings (SSSR count). The van der Waals surface area contributed by atoms with E-state index in [-0.39, 0.29) is 0 Å². The maximum atomic E-state index is 3.38. The lowest BCUT2D eigenvalue weighted by Crippen LogP contribution is -1.99. The molecule has 2 aromatic rings. The zero-order valence-electron chi connectivity index (χ0n) is 13.8. The number of aryl methyl sites for hydroxylation is 2. The van der Waals surface area contributed by atoms with Gasteiger partial charge in [-0.1, -0.05) is 31.2 Å². The minimum Gasteiger partial charge on any atom is -0.388 e. The number of nitrogens with one attached hydrogen (secondary N) is 1. The van der Waals surface area contributed by atoms with Crippen molar-refractivity contribution in [2.75, 3.05) is 12.4 Å². The zero-order valence-corrected chi connectivity index (χ0v) is 14.6. The third-order valence-electron chi connectivity index (χ3n) is 4.53. The van der Waals surface area contributed by atoms with Crippen LogP contribution in [0.15, 0.2) is 41.3 Å². The fraction of sp³-hybridized carbons (Fsp3) is 0.400. The summed E-state index contributed by atoms with van der Waals surface area (Å²) in [6.45, 7) is 4.44. The Labute approximate surface area is 138 Å². The van der Waals surface area contributed by atoms with Crippen molar-refractivity contribution in [2.24, 2.45) is 0 Å². The first kappa shape index (κ1) is 15.5. The van der Waals surface area contributed by atoms with Crippen LogP contribution in [0, 0.1) is 6.92 Å². The summed E-state index contributed by atoms with van der Waals surface area (Å²) >= 11 is 1.98. The summed E-state index contributed by atoms with van der Waals surface area (Å²) in [5.74, 6) is 1.85. The molecule has 0 aliphatic heterocycles. The van der Waals surface area contributed by atoms with E-state index in [1.807, 2.05) is 18.8 Å². The van der Waals surface area contributed by atoms with Crippen LogP contribution < -0.4 is 5.32 Å². The van der Waals surface area contributed by atoms with Crippen molar-refractivity contribution in [1.29, 1.82) is 0 Å². The molecule has 1 nitrogen and oxygen atoms in total. The topological polar surface area (TPSA) is 12.0 Å². The van der Waals surface area contributed by atoms with E-state index in [4.69, 9.17) is 0 Å². The van der Waals surface area contributed by atoms with Crippen molar-refractivity contribution in [3.05, 3.63) is 58.7 Å². The van der Waals surface area contributed by atoms with Gasteiger partial charge in [0.05, 0.1) is 0 Å². The van der Waals surface area contributed by atoms with Gasteiger partial charge < -0.3 is 5.32 Å². The van der Waals surface area contributed by atoms with E-state index in [1.54, 1.807) is 5.56 Å². The van der Waals surface area contributed by atoms with Gasteiger partial charge >= 0.3 is 0 Å². The van der Waals surface area contributed by atoms with Gasteiger partial charge in [0.15, 0.2) is 0 Å². The summed E-state index contributed by atoms with van der Waals surface area (Å²) in [6, 6.07) is 13.6. The minimum atomic E-state index is 0.798. The maximum Gasteiger partial charge on any atom is 0.0381 e. The Kier molecular flexibility index (Phi) is 4.77.